The van der Waals surface area contributed by atoms with Gasteiger partial charge in [-0.1, -0.05) is 109 Å². The van der Waals surface area contributed by atoms with E-state index in [1.165, 1.54) is 41.5 Å². The fourth-order valence-electron chi connectivity index (χ4n) is 9.82. The first-order chi connectivity index (χ1) is 40.6. The molecule has 0 aromatic heterocycles. The number of carbonyl (C=O) groups excluding carboxylic acids is 6. The lowest BCUT2D eigenvalue weighted by Crippen LogP contribution is -2.15. The number of rotatable bonds is 24. The fourth-order valence-corrected chi connectivity index (χ4v) is 9.82. The number of esters is 6. The molecule has 84 heavy (non-hydrogen) atoms. The van der Waals surface area contributed by atoms with Gasteiger partial charge in [-0.2, -0.15) is 0 Å². The van der Waals surface area contributed by atoms with Gasteiger partial charge >= 0.3 is 35.8 Å². The SMILES string of the molecule is CC(=O)OCCOc1c2cccc1Cc1cccc(c1OCCOC(C)=O)Cc1cccc(c1OCCOC(C)=O)Cc1cccc(c1OCCOC(C)=O)Cc1cccc(c1OCCOC(C)=O)Cc1cccc(c1OCCOC(C)=O)C2. The van der Waals surface area contributed by atoms with Gasteiger partial charge in [0.05, 0.1) is 0 Å². The fraction of sp³-hybridized carbons (Fsp3) is 0.364. The van der Waals surface area contributed by atoms with E-state index in [9.17, 15) is 28.8 Å². The summed E-state index contributed by atoms with van der Waals surface area (Å²) < 4.78 is 71.8. The van der Waals surface area contributed by atoms with E-state index in [0.717, 1.165) is 66.8 Å². The minimum absolute atomic E-state index is 0.00688. The first-order valence-electron chi connectivity index (χ1n) is 27.8. The molecular weight excluding hydrogens is 1080 g/mol. The third kappa shape index (κ3) is 19.0. The predicted octanol–water partition coefficient (Wildman–Crippen LogP) is 9.20. The molecule has 0 atom stereocenters. The second kappa shape index (κ2) is 32.0. The van der Waals surface area contributed by atoms with Crippen LogP contribution in [0.2, 0.25) is 0 Å². The van der Waals surface area contributed by atoms with Crippen molar-refractivity contribution in [2.45, 2.75) is 80.1 Å². The van der Waals surface area contributed by atoms with Crippen molar-refractivity contribution in [3.8, 4) is 34.5 Å². The normalized spacial score (nSPS) is 11.8. The molecule has 0 unspecified atom stereocenters. The summed E-state index contributed by atoms with van der Waals surface area (Å²) in [6.45, 7) is 8.23. The maximum absolute atomic E-state index is 12.0. The van der Waals surface area contributed by atoms with Crippen molar-refractivity contribution in [3.05, 3.63) is 176 Å². The Balaban J connectivity index is 1.47. The average molecular weight is 1150 g/mol. The lowest BCUT2D eigenvalue weighted by molar-refractivity contribution is -0.142. The van der Waals surface area contributed by atoms with E-state index < -0.39 is 35.8 Å². The van der Waals surface area contributed by atoms with Crippen LogP contribution in [-0.4, -0.2) is 115 Å². The maximum atomic E-state index is 12.0. The third-order valence-corrected chi connectivity index (χ3v) is 13.2. The van der Waals surface area contributed by atoms with Crippen molar-refractivity contribution < 1.29 is 85.6 Å². The molecule has 12 bridgehead atoms. The zero-order chi connectivity index (χ0) is 59.8. The molecule has 6 aromatic rings. The zero-order valence-electron chi connectivity index (χ0n) is 48.5. The summed E-state index contributed by atoms with van der Waals surface area (Å²) in [5.74, 6) is 0.631. The summed E-state index contributed by atoms with van der Waals surface area (Å²) in [4.78, 5) is 71.7. The van der Waals surface area contributed by atoms with E-state index in [1.807, 2.05) is 109 Å². The molecular formula is C66H72O18. The van der Waals surface area contributed by atoms with E-state index in [1.54, 1.807) is 0 Å². The van der Waals surface area contributed by atoms with Crippen molar-refractivity contribution in [1.29, 1.82) is 0 Å². The highest BCUT2D eigenvalue weighted by Crippen LogP contribution is 2.40. The van der Waals surface area contributed by atoms with Crippen LogP contribution < -0.4 is 28.4 Å². The molecule has 0 saturated heterocycles. The molecule has 0 spiro atoms. The van der Waals surface area contributed by atoms with Gasteiger partial charge in [0.25, 0.3) is 0 Å². The van der Waals surface area contributed by atoms with Crippen LogP contribution in [0.25, 0.3) is 0 Å². The number of benzene rings is 6. The van der Waals surface area contributed by atoms with Gasteiger partial charge in [0.15, 0.2) is 0 Å². The summed E-state index contributed by atoms with van der Waals surface area (Å²) in [6.07, 6.45) is 1.82. The number of ether oxygens (including phenoxy) is 12. The topological polar surface area (TPSA) is 213 Å². The van der Waals surface area contributed by atoms with Crippen molar-refractivity contribution in [2.75, 3.05) is 79.3 Å². The highest BCUT2D eigenvalue weighted by molar-refractivity contribution is 5.68. The molecule has 0 saturated carbocycles. The Labute approximate surface area is 489 Å². The quantitative estimate of drug-likeness (QED) is 0.0313. The summed E-state index contributed by atoms with van der Waals surface area (Å²) in [5, 5.41) is 0. The molecule has 7 rings (SSSR count). The molecule has 1 aliphatic rings. The van der Waals surface area contributed by atoms with E-state index in [4.69, 9.17) is 56.8 Å². The van der Waals surface area contributed by atoms with Crippen molar-refractivity contribution in [1.82, 2.24) is 0 Å². The monoisotopic (exact) mass is 1150 g/mol. The Bertz CT molecular complexity index is 2580. The number of para-hydroxylation sites is 6. The van der Waals surface area contributed by atoms with E-state index >= 15 is 0 Å². The summed E-state index contributed by atoms with van der Waals surface area (Å²) in [7, 11) is 0. The Morgan fingerprint density at radius 1 is 0.226 bits per heavy atom. The molecule has 0 N–H and O–H groups in total. The molecule has 18 heteroatoms. The summed E-state index contributed by atoms with van der Waals surface area (Å²) >= 11 is 0. The molecule has 444 valence electrons. The lowest BCUT2D eigenvalue weighted by Gasteiger charge is -2.23. The van der Waals surface area contributed by atoms with Crippen LogP contribution in [0, 0.1) is 0 Å². The van der Waals surface area contributed by atoms with Crippen LogP contribution in [0.15, 0.2) is 109 Å². The summed E-state index contributed by atoms with van der Waals surface area (Å²) in [6, 6.07) is 35.3. The van der Waals surface area contributed by atoms with Gasteiger partial charge in [-0.15, -0.1) is 0 Å². The second-order valence-electron chi connectivity index (χ2n) is 19.6. The summed E-state index contributed by atoms with van der Waals surface area (Å²) in [5.41, 5.74) is 9.47. The molecule has 0 fully saturated rings. The third-order valence-electron chi connectivity index (χ3n) is 13.2. The maximum Gasteiger partial charge on any atom is 0.302 e. The highest BCUT2D eigenvalue weighted by Gasteiger charge is 2.24. The minimum Gasteiger partial charge on any atom is -0.489 e. The van der Waals surface area contributed by atoms with Gasteiger partial charge < -0.3 is 56.8 Å². The molecule has 6 aromatic carbocycles. The van der Waals surface area contributed by atoms with Crippen molar-refractivity contribution in [2.24, 2.45) is 0 Å². The second-order valence-corrected chi connectivity index (χ2v) is 19.6. The van der Waals surface area contributed by atoms with Crippen molar-refractivity contribution >= 4 is 35.8 Å². The van der Waals surface area contributed by atoms with Crippen LogP contribution in [0.5, 0.6) is 34.5 Å². The largest absolute Gasteiger partial charge is 0.489 e. The lowest BCUT2D eigenvalue weighted by atomic mass is 9.91. The van der Waals surface area contributed by atoms with Crippen LogP contribution in [0.4, 0.5) is 0 Å². The Morgan fingerprint density at radius 2 is 0.345 bits per heavy atom. The van der Waals surface area contributed by atoms with Gasteiger partial charge in [0.2, 0.25) is 0 Å². The van der Waals surface area contributed by atoms with Gasteiger partial charge in [0.1, 0.15) is 114 Å². The first-order valence-corrected chi connectivity index (χ1v) is 27.8. The smallest absolute Gasteiger partial charge is 0.302 e. The molecule has 18 nitrogen and oxygen atoms in total. The molecule has 0 heterocycles. The molecule has 0 aliphatic heterocycles. The number of hydrogen-bond acceptors (Lipinski definition) is 18. The number of hydrogen-bond donors (Lipinski definition) is 0. The van der Waals surface area contributed by atoms with Gasteiger partial charge in [-0.05, 0) is 66.8 Å². The Hall–Kier alpha value is -9.06. The number of fused-ring (bicyclic) bond motifs is 12. The minimum atomic E-state index is -0.448. The van der Waals surface area contributed by atoms with Gasteiger partial charge in [0, 0.05) is 80.1 Å². The Morgan fingerprint density at radius 3 is 0.452 bits per heavy atom. The predicted molar refractivity (Wildman–Crippen MR) is 308 cm³/mol. The van der Waals surface area contributed by atoms with Crippen LogP contribution >= 0.6 is 0 Å². The zero-order valence-corrected chi connectivity index (χ0v) is 48.5. The van der Waals surface area contributed by atoms with E-state index in [0.29, 0.717) is 73.0 Å². The van der Waals surface area contributed by atoms with Gasteiger partial charge in [-0.25, -0.2) is 0 Å². The average Bonchev–Trinajstić information content (AvgIpc) is 2.01. The van der Waals surface area contributed by atoms with Crippen molar-refractivity contribution in [3.63, 3.8) is 0 Å². The molecule has 0 amide bonds. The first kappa shape index (κ1) is 62.5. The standard InChI is InChI=1S/C66H72O18/c1-43(67)73-25-31-79-61-49-13-7-14-50(61)38-52-16-9-18-54(63(52)81-33-27-75-45(3)69)40-56-20-11-22-58(65(56)83-35-29-77-47(5)71)42-60-24-12-23-59(66(60)84-36-30-78-48(6)72)41-57-21-10-19-55(64(57)82-34-28-76-46(4)70)39-53-17-8-15-51(37-49)62(53)80-32-26-74-44(2)68/h7-24H,25-42H2,1-6H3. The molecule has 1 aliphatic carbocycles. The van der Waals surface area contributed by atoms with E-state index in [2.05, 4.69) is 0 Å². The Kier molecular flexibility index (Phi) is 23.8. The van der Waals surface area contributed by atoms with Crippen LogP contribution in [0.1, 0.15) is 108 Å². The van der Waals surface area contributed by atoms with Crippen LogP contribution in [-0.2, 0) is 95.7 Å². The van der Waals surface area contributed by atoms with E-state index in [-0.39, 0.29) is 79.3 Å². The van der Waals surface area contributed by atoms with Gasteiger partial charge in [-0.3, -0.25) is 28.8 Å². The number of carbonyl (C=O) groups is 6. The van der Waals surface area contributed by atoms with Crippen LogP contribution in [0.3, 0.4) is 0 Å². The molecule has 0 radical (unpaired) electrons. The highest BCUT2D eigenvalue weighted by atomic mass is 16.6.